The summed E-state index contributed by atoms with van der Waals surface area (Å²) in [5, 5.41) is 14.3. The van der Waals surface area contributed by atoms with Gasteiger partial charge in [-0.25, -0.2) is 4.98 Å². The maximum atomic E-state index is 13.2. The van der Waals surface area contributed by atoms with Crippen molar-refractivity contribution < 1.29 is 9.72 Å². The zero-order chi connectivity index (χ0) is 22.7. The number of aromatic nitrogens is 2. The van der Waals surface area contributed by atoms with Crippen LogP contribution >= 0.6 is 23.5 Å². The van der Waals surface area contributed by atoms with Gasteiger partial charge in [-0.05, 0) is 17.7 Å². The first-order valence-electron chi connectivity index (χ1n) is 9.92. The van der Waals surface area contributed by atoms with Crippen LogP contribution in [0.4, 0.5) is 11.4 Å². The van der Waals surface area contributed by atoms with Crippen molar-refractivity contribution in [1.82, 2.24) is 9.55 Å². The SMILES string of the molecule is CC1Cc2nc(SCC(=O)Nc3ccc([N+](=O)[O-])cc3)n(Cc3ccccc3)c(=O)c2S1. The number of hydrogen-bond donors (Lipinski definition) is 1. The third-order valence-electron chi connectivity index (χ3n) is 4.84. The number of anilines is 1. The molecule has 2 heterocycles. The molecule has 1 amide bonds. The Kier molecular flexibility index (Phi) is 6.61. The summed E-state index contributed by atoms with van der Waals surface area (Å²) in [6.07, 6.45) is 0.726. The monoisotopic (exact) mass is 468 g/mol. The van der Waals surface area contributed by atoms with Crippen LogP contribution in [0.15, 0.2) is 69.4 Å². The van der Waals surface area contributed by atoms with Crippen LogP contribution in [-0.2, 0) is 17.8 Å². The molecule has 10 heteroatoms. The molecule has 1 aliphatic rings. The summed E-state index contributed by atoms with van der Waals surface area (Å²) in [5.74, 6) is -0.229. The van der Waals surface area contributed by atoms with E-state index in [-0.39, 0.29) is 22.9 Å². The van der Waals surface area contributed by atoms with Crippen molar-refractivity contribution in [2.75, 3.05) is 11.1 Å². The lowest BCUT2D eigenvalue weighted by Crippen LogP contribution is -2.26. The first-order chi connectivity index (χ1) is 15.4. The van der Waals surface area contributed by atoms with Gasteiger partial charge in [-0.1, -0.05) is 49.0 Å². The highest BCUT2D eigenvalue weighted by Gasteiger charge is 2.26. The van der Waals surface area contributed by atoms with Crippen LogP contribution < -0.4 is 10.9 Å². The molecule has 1 atom stereocenters. The quantitative estimate of drug-likeness (QED) is 0.242. The lowest BCUT2D eigenvalue weighted by molar-refractivity contribution is -0.384. The molecule has 32 heavy (non-hydrogen) atoms. The fraction of sp³-hybridized carbons (Fsp3) is 0.227. The summed E-state index contributed by atoms with van der Waals surface area (Å²) in [5.41, 5.74) is 2.11. The van der Waals surface area contributed by atoms with Crippen molar-refractivity contribution in [3.8, 4) is 0 Å². The van der Waals surface area contributed by atoms with Gasteiger partial charge in [0.2, 0.25) is 5.91 Å². The normalized spacial score (nSPS) is 14.7. The number of carbonyl (C=O) groups excluding carboxylic acids is 1. The number of non-ortho nitro benzene ring substituents is 1. The number of hydrogen-bond acceptors (Lipinski definition) is 7. The van der Waals surface area contributed by atoms with Gasteiger partial charge >= 0.3 is 0 Å². The van der Waals surface area contributed by atoms with Crippen LogP contribution in [0.1, 0.15) is 18.2 Å². The van der Waals surface area contributed by atoms with Crippen LogP contribution in [-0.4, -0.2) is 31.4 Å². The van der Waals surface area contributed by atoms with Gasteiger partial charge in [0.25, 0.3) is 11.2 Å². The van der Waals surface area contributed by atoms with Gasteiger partial charge in [-0.15, -0.1) is 11.8 Å². The highest BCUT2D eigenvalue weighted by molar-refractivity contribution is 8.00. The van der Waals surface area contributed by atoms with Gasteiger partial charge in [-0.2, -0.15) is 0 Å². The number of fused-ring (bicyclic) bond motifs is 1. The molecular formula is C22H20N4O4S2. The second kappa shape index (κ2) is 9.58. The summed E-state index contributed by atoms with van der Waals surface area (Å²) >= 11 is 2.75. The minimum absolute atomic E-state index is 0.0447. The third-order valence-corrected chi connectivity index (χ3v) is 7.03. The van der Waals surface area contributed by atoms with Crippen LogP contribution in [0, 0.1) is 10.1 Å². The second-order valence-electron chi connectivity index (χ2n) is 7.32. The van der Waals surface area contributed by atoms with E-state index in [9.17, 15) is 19.7 Å². The van der Waals surface area contributed by atoms with E-state index in [2.05, 4.69) is 12.2 Å². The number of nitrogens with one attached hydrogen (secondary N) is 1. The Balaban J connectivity index is 1.52. The van der Waals surface area contributed by atoms with Crippen LogP contribution in [0.2, 0.25) is 0 Å². The van der Waals surface area contributed by atoms with E-state index in [1.54, 1.807) is 16.3 Å². The largest absolute Gasteiger partial charge is 0.325 e. The Bertz CT molecular complexity index is 1210. The van der Waals surface area contributed by atoms with Gasteiger partial charge in [-0.3, -0.25) is 24.3 Å². The smallest absolute Gasteiger partial charge is 0.269 e. The topological polar surface area (TPSA) is 107 Å². The number of nitrogens with zero attached hydrogens (tertiary/aromatic N) is 3. The first-order valence-corrected chi connectivity index (χ1v) is 11.8. The van der Waals surface area contributed by atoms with Crippen molar-refractivity contribution in [2.24, 2.45) is 0 Å². The highest BCUT2D eigenvalue weighted by atomic mass is 32.2. The number of rotatable bonds is 7. The molecule has 164 valence electrons. The molecule has 0 saturated carbocycles. The fourth-order valence-corrected chi connectivity index (χ4v) is 5.27. The Morgan fingerprint density at radius 1 is 1.25 bits per heavy atom. The zero-order valence-corrected chi connectivity index (χ0v) is 18.8. The van der Waals surface area contributed by atoms with E-state index in [1.807, 2.05) is 30.3 Å². The lowest BCUT2D eigenvalue weighted by Gasteiger charge is -2.14. The number of carbonyl (C=O) groups is 1. The summed E-state index contributed by atoms with van der Waals surface area (Å²) in [6, 6.07) is 15.3. The van der Waals surface area contributed by atoms with Gasteiger partial charge in [0.05, 0.1) is 27.8 Å². The molecule has 1 N–H and O–H groups in total. The average molecular weight is 469 g/mol. The molecule has 3 aromatic rings. The number of amides is 1. The number of nitro benzene ring substituents is 1. The van der Waals surface area contributed by atoms with Crippen molar-refractivity contribution >= 4 is 40.8 Å². The molecule has 0 radical (unpaired) electrons. The van der Waals surface area contributed by atoms with Gasteiger partial charge in [0.1, 0.15) is 0 Å². The number of benzene rings is 2. The standard InChI is InChI=1S/C22H20N4O4S2/c1-14-11-18-20(32-14)21(28)25(12-15-5-3-2-4-6-15)22(24-18)31-13-19(27)23-16-7-9-17(10-8-16)26(29)30/h2-10,14H,11-13H2,1H3,(H,23,27). The van der Waals surface area contributed by atoms with Crippen molar-refractivity contribution in [1.29, 1.82) is 0 Å². The van der Waals surface area contributed by atoms with Crippen LogP contribution in [0.25, 0.3) is 0 Å². The van der Waals surface area contributed by atoms with E-state index in [1.165, 1.54) is 36.0 Å². The van der Waals surface area contributed by atoms with E-state index in [0.717, 1.165) is 17.7 Å². The Morgan fingerprint density at radius 3 is 2.66 bits per heavy atom. The van der Waals surface area contributed by atoms with Crippen molar-refractivity contribution in [3.05, 3.63) is 86.3 Å². The molecule has 1 unspecified atom stereocenters. The molecule has 8 nitrogen and oxygen atoms in total. The van der Waals surface area contributed by atoms with Gasteiger partial charge in [0, 0.05) is 29.5 Å². The molecule has 0 fully saturated rings. The van der Waals surface area contributed by atoms with Crippen LogP contribution in [0.3, 0.4) is 0 Å². The highest BCUT2D eigenvalue weighted by Crippen LogP contribution is 2.34. The number of nitro groups is 1. The molecule has 0 saturated heterocycles. The lowest BCUT2D eigenvalue weighted by atomic mass is 10.2. The zero-order valence-electron chi connectivity index (χ0n) is 17.2. The molecule has 0 aliphatic carbocycles. The van der Waals surface area contributed by atoms with E-state index < -0.39 is 4.92 Å². The van der Waals surface area contributed by atoms with Gasteiger partial charge < -0.3 is 5.32 Å². The third kappa shape index (κ3) is 5.03. The molecule has 2 aromatic carbocycles. The van der Waals surface area contributed by atoms with Crippen molar-refractivity contribution in [3.63, 3.8) is 0 Å². The summed E-state index contributed by atoms with van der Waals surface area (Å²) < 4.78 is 1.63. The van der Waals surface area contributed by atoms with E-state index >= 15 is 0 Å². The molecule has 4 rings (SSSR count). The molecule has 1 aliphatic heterocycles. The predicted octanol–water partition coefficient (Wildman–Crippen LogP) is 3.97. The maximum absolute atomic E-state index is 13.2. The Labute approximate surface area is 192 Å². The second-order valence-corrected chi connectivity index (χ2v) is 9.71. The maximum Gasteiger partial charge on any atom is 0.269 e. The minimum atomic E-state index is -0.494. The Hall–Kier alpha value is -3.11. The molecule has 0 bridgehead atoms. The van der Waals surface area contributed by atoms with E-state index in [4.69, 9.17) is 4.98 Å². The summed E-state index contributed by atoms with van der Waals surface area (Å²) in [4.78, 5) is 41.3. The van der Waals surface area contributed by atoms with E-state index in [0.29, 0.717) is 27.5 Å². The predicted molar refractivity (Wildman–Crippen MR) is 126 cm³/mol. The average Bonchev–Trinajstić information content (AvgIpc) is 3.16. The van der Waals surface area contributed by atoms with Gasteiger partial charge in [0.15, 0.2) is 5.16 Å². The fourth-order valence-electron chi connectivity index (χ4n) is 3.34. The van der Waals surface area contributed by atoms with Crippen LogP contribution in [0.5, 0.6) is 0 Å². The molecular weight excluding hydrogens is 448 g/mol. The van der Waals surface area contributed by atoms with Crippen molar-refractivity contribution in [2.45, 2.75) is 35.2 Å². The number of thioether (sulfide) groups is 2. The first kappa shape index (κ1) is 22.1. The molecule has 0 spiro atoms. The summed E-state index contributed by atoms with van der Waals surface area (Å²) in [6.45, 7) is 2.44. The molecule has 1 aromatic heterocycles. The summed E-state index contributed by atoms with van der Waals surface area (Å²) in [7, 11) is 0. The minimum Gasteiger partial charge on any atom is -0.325 e. The Morgan fingerprint density at radius 2 is 1.97 bits per heavy atom.